The summed E-state index contributed by atoms with van der Waals surface area (Å²) in [5.41, 5.74) is 6.70. The van der Waals surface area contributed by atoms with Gasteiger partial charge in [-0.3, -0.25) is 0 Å². The van der Waals surface area contributed by atoms with Gasteiger partial charge < -0.3 is 5.73 Å². The lowest BCUT2D eigenvalue weighted by Gasteiger charge is -2.22. The average molecular weight is 303 g/mol. The Morgan fingerprint density at radius 3 is 2.47 bits per heavy atom. The molecular formula is C13H19ClN2O2S. The Kier molecular flexibility index (Phi) is 4.38. The molecule has 1 saturated carbocycles. The van der Waals surface area contributed by atoms with Gasteiger partial charge in [-0.25, -0.2) is 13.1 Å². The van der Waals surface area contributed by atoms with Crippen molar-refractivity contribution in [3.8, 4) is 0 Å². The minimum atomic E-state index is -3.51. The van der Waals surface area contributed by atoms with E-state index in [2.05, 4.69) is 4.72 Å². The van der Waals surface area contributed by atoms with E-state index in [0.717, 1.165) is 25.7 Å². The number of nitrogens with one attached hydrogen (secondary N) is 1. The van der Waals surface area contributed by atoms with Crippen LogP contribution >= 0.6 is 11.6 Å². The van der Waals surface area contributed by atoms with Crippen LogP contribution in [0.1, 0.15) is 37.7 Å². The molecule has 0 aliphatic heterocycles. The quantitative estimate of drug-likeness (QED) is 0.843. The topological polar surface area (TPSA) is 72.2 Å². The van der Waals surface area contributed by atoms with E-state index in [1.807, 2.05) is 0 Å². The van der Waals surface area contributed by atoms with E-state index >= 15 is 0 Å². The predicted octanol–water partition coefficient (Wildman–Crippen LogP) is 2.84. The second kappa shape index (κ2) is 5.69. The molecule has 0 saturated heterocycles. The lowest BCUT2D eigenvalue weighted by Crippen LogP contribution is -2.36. The van der Waals surface area contributed by atoms with Gasteiger partial charge in [0.15, 0.2) is 0 Å². The van der Waals surface area contributed by atoms with Gasteiger partial charge in [0, 0.05) is 6.04 Å². The lowest BCUT2D eigenvalue weighted by molar-refractivity contribution is 0.412. The molecule has 19 heavy (non-hydrogen) atoms. The Labute approximate surface area is 119 Å². The zero-order valence-corrected chi connectivity index (χ0v) is 12.5. The van der Waals surface area contributed by atoms with Crippen molar-refractivity contribution in [3.63, 3.8) is 0 Å². The Morgan fingerprint density at radius 1 is 1.26 bits per heavy atom. The van der Waals surface area contributed by atoms with Gasteiger partial charge in [-0.1, -0.05) is 30.9 Å². The summed E-state index contributed by atoms with van der Waals surface area (Å²) in [6, 6.07) is 3.01. The molecular weight excluding hydrogens is 284 g/mol. The van der Waals surface area contributed by atoms with Gasteiger partial charge in [0.25, 0.3) is 0 Å². The molecule has 0 radical (unpaired) electrons. The second-order valence-electron chi connectivity index (χ2n) is 5.10. The predicted molar refractivity (Wildman–Crippen MR) is 77.8 cm³/mol. The van der Waals surface area contributed by atoms with Crippen LogP contribution in [-0.2, 0) is 10.0 Å². The number of hydrogen-bond acceptors (Lipinski definition) is 3. The summed E-state index contributed by atoms with van der Waals surface area (Å²) in [7, 11) is -3.51. The molecule has 0 atom stereocenters. The van der Waals surface area contributed by atoms with E-state index in [4.69, 9.17) is 17.3 Å². The fourth-order valence-corrected chi connectivity index (χ4v) is 3.96. The fourth-order valence-electron chi connectivity index (χ4n) is 2.43. The van der Waals surface area contributed by atoms with Crippen molar-refractivity contribution in [2.45, 2.75) is 50.0 Å². The van der Waals surface area contributed by atoms with Crippen LogP contribution in [0.2, 0.25) is 5.02 Å². The standard InChI is InChI=1S/C13H19ClN2O2S/c1-9-7-11(8-12(15)13(9)14)19(17,18)16-10-5-3-2-4-6-10/h7-8,10,16H,2-6,15H2,1H3. The minimum Gasteiger partial charge on any atom is -0.397 e. The molecule has 0 bridgehead atoms. The van der Waals surface area contributed by atoms with Crippen LogP contribution in [0.5, 0.6) is 0 Å². The van der Waals surface area contributed by atoms with Crippen LogP contribution in [-0.4, -0.2) is 14.5 Å². The summed E-state index contributed by atoms with van der Waals surface area (Å²) in [5, 5.41) is 0.414. The molecule has 1 aliphatic rings. The van der Waals surface area contributed by atoms with Crippen molar-refractivity contribution in [3.05, 3.63) is 22.7 Å². The molecule has 6 heteroatoms. The third-order valence-electron chi connectivity index (χ3n) is 3.49. The minimum absolute atomic E-state index is 0.0379. The molecule has 3 N–H and O–H groups in total. The fraction of sp³-hybridized carbons (Fsp3) is 0.538. The van der Waals surface area contributed by atoms with Crippen molar-refractivity contribution in [2.75, 3.05) is 5.73 Å². The molecule has 2 rings (SSSR count). The molecule has 106 valence electrons. The maximum absolute atomic E-state index is 12.3. The van der Waals surface area contributed by atoms with Crippen LogP contribution in [0, 0.1) is 6.92 Å². The Bertz CT molecular complexity index is 543. The summed E-state index contributed by atoms with van der Waals surface area (Å²) in [6.45, 7) is 1.75. The van der Waals surface area contributed by atoms with Crippen molar-refractivity contribution >= 4 is 27.3 Å². The molecule has 1 fully saturated rings. The number of halogens is 1. The third-order valence-corrected chi connectivity index (χ3v) is 5.51. The summed E-state index contributed by atoms with van der Waals surface area (Å²) < 4.78 is 27.4. The Balaban J connectivity index is 2.24. The van der Waals surface area contributed by atoms with E-state index in [9.17, 15) is 8.42 Å². The molecule has 1 aromatic rings. The number of anilines is 1. The largest absolute Gasteiger partial charge is 0.397 e. The van der Waals surface area contributed by atoms with Crippen LogP contribution in [0.25, 0.3) is 0 Å². The zero-order valence-electron chi connectivity index (χ0n) is 10.9. The van der Waals surface area contributed by atoms with E-state index in [-0.39, 0.29) is 10.9 Å². The highest BCUT2D eigenvalue weighted by Gasteiger charge is 2.22. The SMILES string of the molecule is Cc1cc(S(=O)(=O)NC2CCCCC2)cc(N)c1Cl. The maximum Gasteiger partial charge on any atom is 0.240 e. The number of nitrogens with two attached hydrogens (primary N) is 1. The number of benzene rings is 1. The van der Waals surface area contributed by atoms with Crippen LogP contribution in [0.4, 0.5) is 5.69 Å². The number of hydrogen-bond donors (Lipinski definition) is 2. The van der Waals surface area contributed by atoms with Gasteiger partial charge >= 0.3 is 0 Å². The molecule has 0 amide bonds. The van der Waals surface area contributed by atoms with Crippen molar-refractivity contribution in [1.29, 1.82) is 0 Å². The summed E-state index contributed by atoms with van der Waals surface area (Å²) in [5.74, 6) is 0. The molecule has 1 aromatic carbocycles. The highest BCUT2D eigenvalue weighted by molar-refractivity contribution is 7.89. The number of nitrogen functional groups attached to an aromatic ring is 1. The molecule has 1 aliphatic carbocycles. The summed E-state index contributed by atoms with van der Waals surface area (Å²) in [4.78, 5) is 0.192. The maximum atomic E-state index is 12.3. The third kappa shape index (κ3) is 3.41. The normalized spacial score (nSPS) is 17.6. The number of rotatable bonds is 3. The monoisotopic (exact) mass is 302 g/mol. The first-order valence-corrected chi connectivity index (χ1v) is 8.34. The Morgan fingerprint density at radius 2 is 1.89 bits per heavy atom. The lowest BCUT2D eigenvalue weighted by atomic mass is 9.96. The molecule has 0 heterocycles. The first kappa shape index (κ1) is 14.6. The van der Waals surface area contributed by atoms with Crippen molar-refractivity contribution in [1.82, 2.24) is 4.72 Å². The molecule has 0 unspecified atom stereocenters. The highest BCUT2D eigenvalue weighted by atomic mass is 35.5. The van der Waals surface area contributed by atoms with E-state index < -0.39 is 10.0 Å². The number of sulfonamides is 1. The Hall–Kier alpha value is -0.780. The van der Waals surface area contributed by atoms with Gasteiger partial charge in [0.2, 0.25) is 10.0 Å². The van der Waals surface area contributed by atoms with Gasteiger partial charge in [-0.2, -0.15) is 0 Å². The summed E-state index contributed by atoms with van der Waals surface area (Å²) >= 11 is 5.95. The van der Waals surface area contributed by atoms with Crippen molar-refractivity contribution in [2.24, 2.45) is 0 Å². The number of aryl methyl sites for hydroxylation is 1. The molecule has 4 nitrogen and oxygen atoms in total. The van der Waals surface area contributed by atoms with Crippen LogP contribution in [0.3, 0.4) is 0 Å². The highest BCUT2D eigenvalue weighted by Crippen LogP contribution is 2.27. The molecule has 0 spiro atoms. The second-order valence-corrected chi connectivity index (χ2v) is 7.19. The first-order chi connectivity index (χ1) is 8.90. The van der Waals surface area contributed by atoms with E-state index in [1.54, 1.807) is 13.0 Å². The van der Waals surface area contributed by atoms with Gasteiger partial charge in [0.1, 0.15) is 0 Å². The first-order valence-electron chi connectivity index (χ1n) is 6.48. The average Bonchev–Trinajstić information content (AvgIpc) is 2.36. The van der Waals surface area contributed by atoms with E-state index in [0.29, 0.717) is 16.3 Å². The van der Waals surface area contributed by atoms with Crippen LogP contribution in [0.15, 0.2) is 17.0 Å². The molecule has 0 aromatic heterocycles. The van der Waals surface area contributed by atoms with Crippen LogP contribution < -0.4 is 10.5 Å². The van der Waals surface area contributed by atoms with Gasteiger partial charge in [-0.15, -0.1) is 0 Å². The van der Waals surface area contributed by atoms with Gasteiger partial charge in [0.05, 0.1) is 15.6 Å². The van der Waals surface area contributed by atoms with Crippen molar-refractivity contribution < 1.29 is 8.42 Å². The zero-order chi connectivity index (χ0) is 14.0. The van der Waals surface area contributed by atoms with E-state index in [1.165, 1.54) is 12.5 Å². The van der Waals surface area contributed by atoms with Gasteiger partial charge in [-0.05, 0) is 37.5 Å². The smallest absolute Gasteiger partial charge is 0.240 e. The summed E-state index contributed by atoms with van der Waals surface area (Å²) in [6.07, 6.45) is 5.15.